The molecule has 0 bridgehead atoms. The third kappa shape index (κ3) is 2.78. The van der Waals surface area contributed by atoms with E-state index in [9.17, 15) is 4.79 Å². The van der Waals surface area contributed by atoms with Crippen LogP contribution in [0.15, 0.2) is 47.1 Å². The SMILES string of the molecule is O=C(CCc1ccco1)c1cccc(C2CCC2)c1. The standard InChI is InChI=1S/C17H18O2/c18-17(10-9-16-8-3-11-19-16)15-7-2-6-14(12-15)13-4-1-5-13/h2-3,6-8,11-13H,1,4-5,9-10H2. The van der Waals surface area contributed by atoms with Crippen molar-refractivity contribution in [2.45, 2.75) is 38.0 Å². The highest BCUT2D eigenvalue weighted by Gasteiger charge is 2.20. The molecule has 1 saturated carbocycles. The number of hydrogen-bond donors (Lipinski definition) is 0. The fourth-order valence-electron chi connectivity index (χ4n) is 2.54. The lowest BCUT2D eigenvalue weighted by molar-refractivity contribution is 0.0980. The highest BCUT2D eigenvalue weighted by Crippen LogP contribution is 2.36. The molecule has 98 valence electrons. The summed E-state index contributed by atoms with van der Waals surface area (Å²) in [5, 5.41) is 0. The Bertz CT molecular complexity index is 550. The van der Waals surface area contributed by atoms with Gasteiger partial charge >= 0.3 is 0 Å². The number of Topliss-reactive ketones (excluding diaryl/α,β-unsaturated/α-hetero) is 1. The van der Waals surface area contributed by atoms with E-state index in [1.165, 1.54) is 24.8 Å². The largest absolute Gasteiger partial charge is 0.469 e. The van der Waals surface area contributed by atoms with Gasteiger partial charge < -0.3 is 4.42 Å². The van der Waals surface area contributed by atoms with Crippen molar-refractivity contribution in [3.63, 3.8) is 0 Å². The first-order valence-electron chi connectivity index (χ1n) is 6.98. The highest BCUT2D eigenvalue weighted by atomic mass is 16.3. The number of hydrogen-bond acceptors (Lipinski definition) is 2. The van der Waals surface area contributed by atoms with E-state index >= 15 is 0 Å². The number of carbonyl (C=O) groups excluding carboxylic acids is 1. The first kappa shape index (κ1) is 12.2. The third-order valence-corrected chi connectivity index (χ3v) is 3.96. The minimum Gasteiger partial charge on any atom is -0.469 e. The Morgan fingerprint density at radius 3 is 2.79 bits per heavy atom. The molecule has 0 aliphatic heterocycles. The molecule has 1 fully saturated rings. The van der Waals surface area contributed by atoms with Gasteiger partial charge in [0.25, 0.3) is 0 Å². The molecule has 0 N–H and O–H groups in total. The lowest BCUT2D eigenvalue weighted by atomic mass is 9.79. The van der Waals surface area contributed by atoms with Crippen molar-refractivity contribution < 1.29 is 9.21 Å². The zero-order chi connectivity index (χ0) is 13.1. The molecule has 1 heterocycles. The molecule has 1 aliphatic rings. The molecule has 0 saturated heterocycles. The van der Waals surface area contributed by atoms with Crippen molar-refractivity contribution in [2.75, 3.05) is 0 Å². The smallest absolute Gasteiger partial charge is 0.163 e. The van der Waals surface area contributed by atoms with E-state index in [1.807, 2.05) is 24.3 Å². The van der Waals surface area contributed by atoms with Crippen LogP contribution in [-0.4, -0.2) is 5.78 Å². The van der Waals surface area contributed by atoms with Gasteiger partial charge in [0.2, 0.25) is 0 Å². The molecule has 2 aromatic rings. The molecule has 0 radical (unpaired) electrons. The summed E-state index contributed by atoms with van der Waals surface area (Å²) < 4.78 is 5.26. The van der Waals surface area contributed by atoms with Crippen LogP contribution in [0, 0.1) is 0 Å². The average molecular weight is 254 g/mol. The first-order valence-corrected chi connectivity index (χ1v) is 6.98. The van der Waals surface area contributed by atoms with Crippen LogP contribution in [0.2, 0.25) is 0 Å². The Balaban J connectivity index is 1.65. The Hall–Kier alpha value is -1.83. The number of ketones is 1. The van der Waals surface area contributed by atoms with E-state index in [4.69, 9.17) is 4.42 Å². The Morgan fingerprint density at radius 2 is 2.11 bits per heavy atom. The molecule has 0 spiro atoms. The molecule has 0 amide bonds. The van der Waals surface area contributed by atoms with Crippen molar-refractivity contribution in [3.05, 3.63) is 59.5 Å². The number of rotatable bonds is 5. The normalized spacial score (nSPS) is 15.2. The minimum absolute atomic E-state index is 0.206. The van der Waals surface area contributed by atoms with E-state index in [-0.39, 0.29) is 5.78 Å². The van der Waals surface area contributed by atoms with Gasteiger partial charge in [-0.25, -0.2) is 0 Å². The van der Waals surface area contributed by atoms with Crippen LogP contribution in [0.1, 0.15) is 53.3 Å². The van der Waals surface area contributed by atoms with Crippen LogP contribution >= 0.6 is 0 Å². The summed E-state index contributed by atoms with van der Waals surface area (Å²) in [4.78, 5) is 12.2. The molecule has 2 heteroatoms. The van der Waals surface area contributed by atoms with E-state index in [1.54, 1.807) is 6.26 Å². The summed E-state index contributed by atoms with van der Waals surface area (Å²) in [7, 11) is 0. The number of benzene rings is 1. The molecule has 1 aromatic carbocycles. The molecule has 1 aliphatic carbocycles. The molecular weight excluding hydrogens is 236 g/mol. The molecule has 2 nitrogen and oxygen atoms in total. The third-order valence-electron chi connectivity index (χ3n) is 3.96. The van der Waals surface area contributed by atoms with Gasteiger partial charge in [-0.05, 0) is 42.5 Å². The van der Waals surface area contributed by atoms with Crippen molar-refractivity contribution in [3.8, 4) is 0 Å². The predicted octanol–water partition coefficient (Wildman–Crippen LogP) is 4.36. The van der Waals surface area contributed by atoms with Crippen LogP contribution < -0.4 is 0 Å². The summed E-state index contributed by atoms with van der Waals surface area (Å²) in [5.41, 5.74) is 2.17. The monoisotopic (exact) mass is 254 g/mol. The Morgan fingerprint density at radius 1 is 1.21 bits per heavy atom. The molecule has 3 rings (SSSR count). The number of carbonyl (C=O) groups is 1. The maximum absolute atomic E-state index is 12.2. The predicted molar refractivity (Wildman–Crippen MR) is 74.4 cm³/mol. The van der Waals surface area contributed by atoms with Gasteiger partial charge in [-0.3, -0.25) is 4.79 Å². The van der Waals surface area contributed by atoms with Crippen LogP contribution in [0.5, 0.6) is 0 Å². The molecule has 1 aromatic heterocycles. The van der Waals surface area contributed by atoms with Gasteiger partial charge in [0.05, 0.1) is 6.26 Å². The van der Waals surface area contributed by atoms with Gasteiger partial charge in [0, 0.05) is 18.4 Å². The molecule has 0 unspecified atom stereocenters. The fraction of sp³-hybridized carbons (Fsp3) is 0.353. The maximum Gasteiger partial charge on any atom is 0.163 e. The van der Waals surface area contributed by atoms with Gasteiger partial charge in [0.15, 0.2) is 5.78 Å². The second-order valence-corrected chi connectivity index (χ2v) is 5.26. The van der Waals surface area contributed by atoms with Crippen molar-refractivity contribution in [1.82, 2.24) is 0 Å². The van der Waals surface area contributed by atoms with Crippen molar-refractivity contribution in [1.29, 1.82) is 0 Å². The molecule has 19 heavy (non-hydrogen) atoms. The second kappa shape index (κ2) is 5.43. The van der Waals surface area contributed by atoms with E-state index in [0.29, 0.717) is 18.8 Å². The lowest BCUT2D eigenvalue weighted by Gasteiger charge is -2.26. The maximum atomic E-state index is 12.2. The van der Waals surface area contributed by atoms with Gasteiger partial charge in [0.1, 0.15) is 5.76 Å². The zero-order valence-electron chi connectivity index (χ0n) is 11.0. The molecular formula is C17H18O2. The summed E-state index contributed by atoms with van der Waals surface area (Å²) in [6.07, 6.45) is 6.70. The van der Waals surface area contributed by atoms with Gasteiger partial charge in [-0.1, -0.05) is 24.6 Å². The van der Waals surface area contributed by atoms with Crippen molar-refractivity contribution in [2.24, 2.45) is 0 Å². The number of furan rings is 1. The first-order chi connectivity index (χ1) is 9.33. The molecule has 0 atom stereocenters. The topological polar surface area (TPSA) is 30.2 Å². The van der Waals surface area contributed by atoms with E-state index < -0.39 is 0 Å². The summed E-state index contributed by atoms with van der Waals surface area (Å²) in [6, 6.07) is 11.9. The summed E-state index contributed by atoms with van der Waals surface area (Å²) in [5.74, 6) is 1.76. The van der Waals surface area contributed by atoms with Gasteiger partial charge in [-0.15, -0.1) is 0 Å². The quantitative estimate of drug-likeness (QED) is 0.742. The lowest BCUT2D eigenvalue weighted by Crippen LogP contribution is -2.10. The Labute approximate surface area is 113 Å². The van der Waals surface area contributed by atoms with Crippen LogP contribution in [0.25, 0.3) is 0 Å². The van der Waals surface area contributed by atoms with Crippen molar-refractivity contribution >= 4 is 5.78 Å². The van der Waals surface area contributed by atoms with Crippen LogP contribution in [0.4, 0.5) is 0 Å². The highest BCUT2D eigenvalue weighted by molar-refractivity contribution is 5.96. The Kier molecular flexibility index (Phi) is 3.49. The summed E-state index contributed by atoms with van der Waals surface area (Å²) in [6.45, 7) is 0. The van der Waals surface area contributed by atoms with Crippen LogP contribution in [-0.2, 0) is 6.42 Å². The second-order valence-electron chi connectivity index (χ2n) is 5.26. The fourth-order valence-corrected chi connectivity index (χ4v) is 2.54. The van der Waals surface area contributed by atoms with E-state index in [2.05, 4.69) is 12.1 Å². The zero-order valence-corrected chi connectivity index (χ0v) is 11.0. The average Bonchev–Trinajstić information content (AvgIpc) is 2.87. The number of aryl methyl sites for hydroxylation is 1. The summed E-state index contributed by atoms with van der Waals surface area (Å²) >= 11 is 0. The van der Waals surface area contributed by atoms with Crippen LogP contribution in [0.3, 0.4) is 0 Å². The van der Waals surface area contributed by atoms with E-state index in [0.717, 1.165) is 11.3 Å². The minimum atomic E-state index is 0.206. The van der Waals surface area contributed by atoms with Gasteiger partial charge in [-0.2, -0.15) is 0 Å².